The lowest BCUT2D eigenvalue weighted by molar-refractivity contribution is 0.303. The molecule has 0 aliphatic rings. The lowest BCUT2D eigenvalue weighted by Crippen LogP contribution is -2.16. The average Bonchev–Trinajstić information content (AvgIpc) is 3.09. The van der Waals surface area contributed by atoms with Gasteiger partial charge in [0.1, 0.15) is 12.4 Å². The molecule has 0 radical (unpaired) electrons. The fraction of sp³-hybridized carbons (Fsp3) is 0.143. The highest BCUT2D eigenvalue weighted by atomic mass is 32.2. The summed E-state index contributed by atoms with van der Waals surface area (Å²) in [5.74, 6) is 0.351. The maximum atomic E-state index is 12.7. The van der Waals surface area contributed by atoms with Gasteiger partial charge in [0.05, 0.1) is 16.3 Å². The molecule has 30 heavy (non-hydrogen) atoms. The van der Waals surface area contributed by atoms with Crippen LogP contribution in [0.3, 0.4) is 0 Å². The molecule has 0 spiro atoms. The number of thiazole rings is 1. The first-order valence-electron chi connectivity index (χ1n) is 9.11. The Bertz CT molecular complexity index is 1380. The van der Waals surface area contributed by atoms with E-state index in [9.17, 15) is 13.2 Å². The predicted molar refractivity (Wildman–Crippen MR) is 117 cm³/mol. The minimum Gasteiger partial charge on any atom is -0.485 e. The highest BCUT2D eigenvalue weighted by Gasteiger charge is 2.17. The van der Waals surface area contributed by atoms with Crippen LogP contribution in [0.15, 0.2) is 69.7 Å². The molecule has 0 saturated heterocycles. The van der Waals surface area contributed by atoms with Gasteiger partial charge in [-0.15, -0.1) is 11.3 Å². The van der Waals surface area contributed by atoms with Crippen LogP contribution in [-0.4, -0.2) is 17.8 Å². The van der Waals surface area contributed by atoms with Crippen LogP contribution in [0.25, 0.3) is 4.96 Å². The smallest absolute Gasteiger partial charge is 0.262 e. The number of ether oxygens (including phenoxy) is 1. The summed E-state index contributed by atoms with van der Waals surface area (Å²) in [5.41, 5.74) is 2.32. The number of sulfonamides is 1. The van der Waals surface area contributed by atoms with E-state index in [2.05, 4.69) is 9.71 Å². The molecule has 7 nitrogen and oxygen atoms in total. The van der Waals surface area contributed by atoms with Crippen LogP contribution in [0.1, 0.15) is 17.0 Å². The third-order valence-corrected chi connectivity index (χ3v) is 6.76. The predicted octanol–water partition coefficient (Wildman–Crippen LogP) is 3.75. The summed E-state index contributed by atoms with van der Waals surface area (Å²) in [4.78, 5) is 17.5. The highest BCUT2D eigenvalue weighted by molar-refractivity contribution is 7.92. The van der Waals surface area contributed by atoms with E-state index in [0.717, 1.165) is 11.3 Å². The largest absolute Gasteiger partial charge is 0.485 e. The summed E-state index contributed by atoms with van der Waals surface area (Å²) in [6.45, 7) is 3.74. The topological polar surface area (TPSA) is 89.8 Å². The monoisotopic (exact) mass is 441 g/mol. The number of anilines is 1. The zero-order valence-corrected chi connectivity index (χ0v) is 18.0. The van der Waals surface area contributed by atoms with Crippen LogP contribution in [0, 0.1) is 13.8 Å². The molecule has 1 N–H and O–H groups in total. The van der Waals surface area contributed by atoms with Crippen LogP contribution in [0.4, 0.5) is 5.69 Å². The number of hydrogen-bond donors (Lipinski definition) is 1. The molecule has 2 aromatic heterocycles. The summed E-state index contributed by atoms with van der Waals surface area (Å²) in [6, 6.07) is 14.8. The van der Waals surface area contributed by atoms with E-state index in [1.54, 1.807) is 34.7 Å². The minimum atomic E-state index is -3.77. The normalized spacial score (nSPS) is 11.5. The summed E-state index contributed by atoms with van der Waals surface area (Å²) in [6.07, 6.45) is 0. The SMILES string of the molecule is Cc1ccc(OCc2cc(=O)n3c(C)csc3n2)c(NS(=O)(=O)c2ccccc2)c1. The van der Waals surface area contributed by atoms with E-state index < -0.39 is 10.0 Å². The van der Waals surface area contributed by atoms with Crippen molar-refractivity contribution in [2.24, 2.45) is 0 Å². The number of nitrogens with one attached hydrogen (secondary N) is 1. The molecule has 0 saturated carbocycles. The molecule has 0 aliphatic heterocycles. The summed E-state index contributed by atoms with van der Waals surface area (Å²) >= 11 is 1.38. The number of benzene rings is 2. The maximum Gasteiger partial charge on any atom is 0.262 e. The van der Waals surface area contributed by atoms with Crippen molar-refractivity contribution in [1.29, 1.82) is 0 Å². The Kier molecular flexibility index (Phi) is 5.31. The van der Waals surface area contributed by atoms with Crippen molar-refractivity contribution in [3.8, 4) is 5.75 Å². The van der Waals surface area contributed by atoms with E-state index in [1.807, 2.05) is 25.3 Å². The molecule has 9 heteroatoms. The molecule has 4 aromatic rings. The second kappa shape index (κ2) is 7.92. The number of fused-ring (bicyclic) bond motifs is 1. The summed E-state index contributed by atoms with van der Waals surface area (Å²) < 4.78 is 35.4. The Balaban J connectivity index is 1.61. The van der Waals surface area contributed by atoms with E-state index >= 15 is 0 Å². The van der Waals surface area contributed by atoms with Crippen molar-refractivity contribution in [3.63, 3.8) is 0 Å². The number of aromatic nitrogens is 2. The van der Waals surface area contributed by atoms with E-state index in [1.165, 1.54) is 29.5 Å². The number of aryl methyl sites for hydroxylation is 2. The molecule has 0 amide bonds. The van der Waals surface area contributed by atoms with Crippen molar-refractivity contribution in [1.82, 2.24) is 9.38 Å². The fourth-order valence-electron chi connectivity index (χ4n) is 2.98. The molecule has 0 bridgehead atoms. The van der Waals surface area contributed by atoms with Crippen LogP contribution in [0.5, 0.6) is 5.75 Å². The Hall–Kier alpha value is -3.17. The summed E-state index contributed by atoms with van der Waals surface area (Å²) in [7, 11) is -3.77. The molecule has 0 unspecified atom stereocenters. The van der Waals surface area contributed by atoms with Gasteiger partial charge in [0.15, 0.2) is 4.96 Å². The van der Waals surface area contributed by atoms with Gasteiger partial charge in [-0.2, -0.15) is 0 Å². The van der Waals surface area contributed by atoms with Gasteiger partial charge in [0.2, 0.25) is 0 Å². The zero-order chi connectivity index (χ0) is 21.3. The quantitative estimate of drug-likeness (QED) is 0.492. The van der Waals surface area contributed by atoms with Crippen molar-refractivity contribution in [2.45, 2.75) is 25.3 Å². The molecule has 2 aromatic carbocycles. The van der Waals surface area contributed by atoms with Crippen molar-refractivity contribution >= 4 is 32.0 Å². The Labute approximate surface area is 177 Å². The Morgan fingerprint density at radius 1 is 1.10 bits per heavy atom. The van der Waals surface area contributed by atoms with E-state index in [4.69, 9.17) is 4.74 Å². The number of rotatable bonds is 6. The fourth-order valence-corrected chi connectivity index (χ4v) is 4.95. The van der Waals surface area contributed by atoms with Gasteiger partial charge in [-0.3, -0.25) is 13.9 Å². The molecular weight excluding hydrogens is 422 g/mol. The second-order valence-electron chi connectivity index (χ2n) is 6.79. The van der Waals surface area contributed by atoms with Gasteiger partial charge >= 0.3 is 0 Å². The molecule has 0 atom stereocenters. The molecule has 154 valence electrons. The van der Waals surface area contributed by atoms with Gasteiger partial charge < -0.3 is 4.74 Å². The lowest BCUT2D eigenvalue weighted by Gasteiger charge is -2.14. The number of hydrogen-bond acceptors (Lipinski definition) is 6. The first-order chi connectivity index (χ1) is 14.3. The van der Waals surface area contributed by atoms with Crippen LogP contribution >= 0.6 is 11.3 Å². The Morgan fingerprint density at radius 3 is 2.63 bits per heavy atom. The first-order valence-corrected chi connectivity index (χ1v) is 11.5. The van der Waals surface area contributed by atoms with Crippen molar-refractivity contribution in [2.75, 3.05) is 4.72 Å². The van der Waals surface area contributed by atoms with Gasteiger partial charge in [0, 0.05) is 17.1 Å². The van der Waals surface area contributed by atoms with E-state index in [-0.39, 0.29) is 17.1 Å². The molecule has 4 rings (SSSR count). The third kappa shape index (κ3) is 4.07. The minimum absolute atomic E-state index is 0.0335. The van der Waals surface area contributed by atoms with Crippen molar-refractivity contribution < 1.29 is 13.2 Å². The van der Waals surface area contributed by atoms with Crippen LogP contribution in [0.2, 0.25) is 0 Å². The molecular formula is C21H19N3O4S2. The second-order valence-corrected chi connectivity index (χ2v) is 9.31. The van der Waals surface area contributed by atoms with Gasteiger partial charge in [0.25, 0.3) is 15.6 Å². The van der Waals surface area contributed by atoms with Crippen LogP contribution < -0.4 is 15.0 Å². The first kappa shape index (κ1) is 20.1. The molecule has 0 fully saturated rings. The molecule has 0 aliphatic carbocycles. The lowest BCUT2D eigenvalue weighted by atomic mass is 10.2. The number of nitrogens with zero attached hydrogens (tertiary/aromatic N) is 2. The maximum absolute atomic E-state index is 12.7. The molecule has 2 heterocycles. The highest BCUT2D eigenvalue weighted by Crippen LogP contribution is 2.29. The zero-order valence-electron chi connectivity index (χ0n) is 16.3. The summed E-state index contributed by atoms with van der Waals surface area (Å²) in [5, 5.41) is 1.87. The van der Waals surface area contributed by atoms with Gasteiger partial charge in [-0.1, -0.05) is 24.3 Å². The Morgan fingerprint density at radius 2 is 1.87 bits per heavy atom. The standard InChI is InChI=1S/C21H19N3O4S2/c1-14-8-9-19(18(10-14)23-30(26,27)17-6-4-3-5-7-17)28-12-16-11-20(25)24-15(2)13-29-21(24)22-16/h3-11,13,23H,12H2,1-2H3. The van der Waals surface area contributed by atoms with Gasteiger partial charge in [-0.05, 0) is 43.7 Å². The van der Waals surface area contributed by atoms with Crippen molar-refractivity contribution in [3.05, 3.63) is 87.3 Å². The third-order valence-electron chi connectivity index (χ3n) is 4.44. The van der Waals surface area contributed by atoms with Gasteiger partial charge in [-0.25, -0.2) is 13.4 Å². The van der Waals surface area contributed by atoms with E-state index in [0.29, 0.717) is 22.1 Å². The van der Waals surface area contributed by atoms with Crippen LogP contribution in [-0.2, 0) is 16.6 Å². The average molecular weight is 442 g/mol.